The van der Waals surface area contributed by atoms with Gasteiger partial charge in [0.2, 0.25) is 0 Å². The van der Waals surface area contributed by atoms with Crippen LogP contribution in [0.15, 0.2) is 85.1 Å². The highest BCUT2D eigenvalue weighted by Crippen LogP contribution is 2.13. The fraction of sp³-hybridized carbons (Fsp3) is 0.729. The maximum absolute atomic E-state index is 12.8. The van der Waals surface area contributed by atoms with E-state index in [-0.39, 0.29) is 25.2 Å². The number of hydrogen-bond donors (Lipinski definition) is 0. The van der Waals surface area contributed by atoms with Crippen LogP contribution in [-0.2, 0) is 23.8 Å². The lowest BCUT2D eigenvalue weighted by Gasteiger charge is -2.18. The van der Waals surface area contributed by atoms with Gasteiger partial charge in [0.1, 0.15) is 6.61 Å². The maximum atomic E-state index is 12.8. The molecule has 0 N–H and O–H groups in total. The summed E-state index contributed by atoms with van der Waals surface area (Å²) in [7, 11) is 0. The highest BCUT2D eigenvalue weighted by molar-refractivity contribution is 5.70. The van der Waals surface area contributed by atoms with E-state index in [2.05, 4.69) is 106 Å². The summed E-state index contributed by atoms with van der Waals surface area (Å²) in [5, 5.41) is 0. The van der Waals surface area contributed by atoms with Gasteiger partial charge in [-0.3, -0.25) is 9.59 Å². The van der Waals surface area contributed by atoms with Crippen LogP contribution in [0.2, 0.25) is 0 Å². The Morgan fingerprint density at radius 2 is 0.703 bits per heavy atom. The van der Waals surface area contributed by atoms with E-state index < -0.39 is 6.10 Å². The van der Waals surface area contributed by atoms with Crippen molar-refractivity contribution in [1.82, 2.24) is 0 Å². The third-order valence-corrected chi connectivity index (χ3v) is 11.4. The van der Waals surface area contributed by atoms with Crippen molar-refractivity contribution in [1.29, 1.82) is 0 Å². The fourth-order valence-corrected chi connectivity index (χ4v) is 7.35. The number of esters is 2. The summed E-state index contributed by atoms with van der Waals surface area (Å²) < 4.78 is 17.4. The van der Waals surface area contributed by atoms with E-state index in [9.17, 15) is 9.59 Å². The zero-order valence-electron chi connectivity index (χ0n) is 42.3. The van der Waals surface area contributed by atoms with Crippen LogP contribution in [-0.4, -0.2) is 37.9 Å². The summed E-state index contributed by atoms with van der Waals surface area (Å²) in [4.78, 5) is 25.4. The third kappa shape index (κ3) is 51.7. The van der Waals surface area contributed by atoms with Crippen molar-refractivity contribution in [2.45, 2.75) is 258 Å². The molecule has 5 nitrogen and oxygen atoms in total. The minimum atomic E-state index is -0.556. The van der Waals surface area contributed by atoms with Gasteiger partial charge in [0, 0.05) is 19.4 Å². The number of hydrogen-bond acceptors (Lipinski definition) is 5. The van der Waals surface area contributed by atoms with Gasteiger partial charge in [0.15, 0.2) is 6.10 Å². The molecule has 368 valence electrons. The van der Waals surface area contributed by atoms with Gasteiger partial charge in [0.25, 0.3) is 0 Å². The van der Waals surface area contributed by atoms with Crippen LogP contribution in [0.5, 0.6) is 0 Å². The molecule has 0 heterocycles. The van der Waals surface area contributed by atoms with Crippen LogP contribution in [0.25, 0.3) is 0 Å². The minimum Gasteiger partial charge on any atom is -0.462 e. The number of carbonyl (C=O) groups is 2. The Balaban J connectivity index is 4.31. The van der Waals surface area contributed by atoms with Gasteiger partial charge in [-0.25, -0.2) is 0 Å². The van der Waals surface area contributed by atoms with E-state index in [1.807, 2.05) is 0 Å². The molecule has 0 aromatic rings. The van der Waals surface area contributed by atoms with Crippen molar-refractivity contribution in [3.8, 4) is 0 Å². The van der Waals surface area contributed by atoms with Crippen molar-refractivity contribution in [3.05, 3.63) is 85.1 Å². The van der Waals surface area contributed by atoms with Crippen LogP contribution in [0, 0.1) is 0 Å². The van der Waals surface area contributed by atoms with Crippen LogP contribution in [0.3, 0.4) is 0 Å². The van der Waals surface area contributed by atoms with E-state index in [1.165, 1.54) is 122 Å². The molecule has 0 aliphatic rings. The first-order chi connectivity index (χ1) is 31.6. The predicted molar refractivity (Wildman–Crippen MR) is 279 cm³/mol. The highest BCUT2D eigenvalue weighted by Gasteiger charge is 2.17. The second-order valence-electron chi connectivity index (χ2n) is 17.7. The maximum Gasteiger partial charge on any atom is 0.306 e. The molecule has 0 bridgehead atoms. The zero-order valence-corrected chi connectivity index (χ0v) is 42.3. The second kappa shape index (κ2) is 54.4. The number of unbranched alkanes of at least 4 members (excludes halogenated alkanes) is 24. The van der Waals surface area contributed by atoms with E-state index in [0.717, 1.165) is 96.3 Å². The van der Waals surface area contributed by atoms with Gasteiger partial charge in [-0.1, -0.05) is 209 Å². The van der Waals surface area contributed by atoms with Crippen molar-refractivity contribution in [3.63, 3.8) is 0 Å². The number of ether oxygens (including phenoxy) is 3. The van der Waals surface area contributed by atoms with E-state index >= 15 is 0 Å². The molecule has 0 saturated heterocycles. The lowest BCUT2D eigenvalue weighted by molar-refractivity contribution is -0.163. The van der Waals surface area contributed by atoms with Gasteiger partial charge in [-0.2, -0.15) is 0 Å². The standard InChI is InChI=1S/C59H102O5/c1-4-7-10-13-16-19-22-25-27-28-29-30-31-33-36-39-42-45-48-51-54-62-55-57(64-59(61)53-50-47-44-41-38-34-24-21-18-15-12-9-6-3)56-63-58(60)52-49-46-43-40-37-35-32-26-23-20-17-14-11-8-5-2/h8,11,16-17,19-21,24-27,29-30,32,57H,4-7,9-10,12-15,18,22-23,28,31,33-56H2,1-3H3/b11-8-,19-16-,20-17-,24-21-,27-25-,30-29-,32-26-. The van der Waals surface area contributed by atoms with Crippen LogP contribution >= 0.6 is 0 Å². The molecule has 0 amide bonds. The van der Waals surface area contributed by atoms with E-state index in [0.29, 0.717) is 19.4 Å². The Morgan fingerprint density at radius 3 is 1.17 bits per heavy atom. The smallest absolute Gasteiger partial charge is 0.306 e. The van der Waals surface area contributed by atoms with E-state index in [4.69, 9.17) is 14.2 Å². The Kier molecular flexibility index (Phi) is 51.9. The minimum absolute atomic E-state index is 0.0659. The molecule has 0 aromatic carbocycles. The molecule has 0 spiro atoms. The quantitative estimate of drug-likeness (QED) is 0.0346. The van der Waals surface area contributed by atoms with Gasteiger partial charge in [-0.05, 0) is 116 Å². The van der Waals surface area contributed by atoms with Gasteiger partial charge >= 0.3 is 11.9 Å². The van der Waals surface area contributed by atoms with Gasteiger partial charge < -0.3 is 14.2 Å². The molecular formula is C59H102O5. The monoisotopic (exact) mass is 891 g/mol. The van der Waals surface area contributed by atoms with Gasteiger partial charge in [-0.15, -0.1) is 0 Å². The summed E-state index contributed by atoms with van der Waals surface area (Å²) in [6.45, 7) is 7.64. The highest BCUT2D eigenvalue weighted by atomic mass is 16.6. The molecule has 0 aromatic heterocycles. The molecule has 0 aliphatic heterocycles. The first-order valence-corrected chi connectivity index (χ1v) is 27.1. The summed E-state index contributed by atoms with van der Waals surface area (Å²) >= 11 is 0. The predicted octanol–water partition coefficient (Wildman–Crippen LogP) is 18.5. The topological polar surface area (TPSA) is 61.8 Å². The number of rotatable bonds is 49. The third-order valence-electron chi connectivity index (χ3n) is 11.4. The van der Waals surface area contributed by atoms with Crippen LogP contribution in [0.4, 0.5) is 0 Å². The average molecular weight is 891 g/mol. The number of allylic oxidation sites excluding steroid dienone is 14. The first kappa shape index (κ1) is 61.1. The Morgan fingerprint density at radius 1 is 0.359 bits per heavy atom. The molecular weight excluding hydrogens is 789 g/mol. The SMILES string of the molecule is CC/C=C\C/C=C\C/C=C\CCCCCCCC(=O)OCC(COCCCCCCCCC/C=C\C/C=C\C/C=C\CCCCC)OC(=O)CCCCCCC/C=C\CCCCCC. The first-order valence-electron chi connectivity index (χ1n) is 27.1. The molecule has 0 rings (SSSR count). The molecule has 1 unspecified atom stereocenters. The van der Waals surface area contributed by atoms with Crippen LogP contribution in [0.1, 0.15) is 252 Å². The van der Waals surface area contributed by atoms with Crippen molar-refractivity contribution in [2.24, 2.45) is 0 Å². The normalized spacial score (nSPS) is 12.9. The summed E-state index contributed by atoms with van der Waals surface area (Å²) in [5.74, 6) is -0.431. The molecule has 0 radical (unpaired) electrons. The van der Waals surface area contributed by atoms with Crippen molar-refractivity contribution in [2.75, 3.05) is 19.8 Å². The van der Waals surface area contributed by atoms with Gasteiger partial charge in [0.05, 0.1) is 6.61 Å². The average Bonchev–Trinajstić information content (AvgIpc) is 3.30. The Hall–Kier alpha value is -2.92. The summed E-state index contributed by atoms with van der Waals surface area (Å²) in [6.07, 6.45) is 71.6. The second-order valence-corrected chi connectivity index (χ2v) is 17.7. The summed E-state index contributed by atoms with van der Waals surface area (Å²) in [5.41, 5.74) is 0. The lowest BCUT2D eigenvalue weighted by Crippen LogP contribution is -2.30. The van der Waals surface area contributed by atoms with Crippen molar-refractivity contribution >= 4 is 11.9 Å². The van der Waals surface area contributed by atoms with Crippen molar-refractivity contribution < 1.29 is 23.8 Å². The molecule has 0 fully saturated rings. The molecule has 0 saturated carbocycles. The fourth-order valence-electron chi connectivity index (χ4n) is 7.35. The summed E-state index contributed by atoms with van der Waals surface area (Å²) in [6, 6.07) is 0. The van der Waals surface area contributed by atoms with Crippen LogP contribution < -0.4 is 0 Å². The lowest BCUT2D eigenvalue weighted by atomic mass is 10.1. The Bertz CT molecular complexity index is 1190. The molecule has 5 heteroatoms. The molecule has 64 heavy (non-hydrogen) atoms. The zero-order chi connectivity index (χ0) is 46.3. The Labute approximate surface area is 397 Å². The largest absolute Gasteiger partial charge is 0.462 e. The molecule has 1 atom stereocenters. The molecule has 0 aliphatic carbocycles. The van der Waals surface area contributed by atoms with E-state index in [1.54, 1.807) is 0 Å². The number of carbonyl (C=O) groups excluding carboxylic acids is 2.